The third-order valence-corrected chi connectivity index (χ3v) is 20.0. The van der Waals surface area contributed by atoms with Crippen molar-refractivity contribution in [2.45, 2.75) is 12.3 Å². The van der Waals surface area contributed by atoms with Crippen molar-refractivity contribution in [3.8, 4) is 22.3 Å². The van der Waals surface area contributed by atoms with Gasteiger partial charge >= 0.3 is 0 Å². The summed E-state index contributed by atoms with van der Waals surface area (Å²) in [6.07, 6.45) is 0. The molecule has 5 heterocycles. The molecule has 0 amide bonds. The Morgan fingerprint density at radius 1 is 0.383 bits per heavy atom. The van der Waals surface area contributed by atoms with Gasteiger partial charge in [0.1, 0.15) is 0 Å². The van der Waals surface area contributed by atoms with E-state index in [1.54, 1.807) is 0 Å². The lowest BCUT2D eigenvalue weighted by molar-refractivity contribution is 0.753. The molecule has 5 aliphatic heterocycles. The second kappa shape index (κ2) is 10.7. The van der Waals surface area contributed by atoms with E-state index in [9.17, 15) is 0 Å². The highest BCUT2D eigenvalue weighted by Gasteiger charge is 2.59. The molecular weight excluding hydrogens is 740 g/mol. The second-order valence-electron chi connectivity index (χ2n) is 17.5. The van der Waals surface area contributed by atoms with E-state index in [4.69, 9.17) is 0 Å². The lowest BCUT2D eigenvalue weighted by atomic mass is 9.33. The number of nitrogens with zero attached hydrogens (tertiary/aromatic N) is 2. The fourth-order valence-corrected chi connectivity index (χ4v) is 18.8. The van der Waals surface area contributed by atoms with Crippen LogP contribution in [0.2, 0.25) is 0 Å². The van der Waals surface area contributed by atoms with Crippen molar-refractivity contribution >= 4 is 86.0 Å². The lowest BCUT2D eigenvalue weighted by Crippen LogP contribution is -2.77. The summed E-state index contributed by atoms with van der Waals surface area (Å²) in [5.41, 5.74) is 23.8. The molecule has 2 nitrogen and oxygen atoms in total. The average Bonchev–Trinajstić information content (AvgIpc) is 3.76. The van der Waals surface area contributed by atoms with Crippen LogP contribution in [0.1, 0.15) is 27.8 Å². The number of benzene rings is 9. The highest BCUT2D eigenvalue weighted by molar-refractivity contribution is 7.24. The second-order valence-corrected chi connectivity index (χ2v) is 21.2. The molecule has 0 aromatic heterocycles. The van der Waals surface area contributed by atoms with Gasteiger partial charge in [0, 0.05) is 28.4 Å². The molecule has 0 N–H and O–H groups in total. The summed E-state index contributed by atoms with van der Waals surface area (Å²) in [5.74, 6) is 0. The van der Waals surface area contributed by atoms with E-state index in [-0.39, 0.29) is 6.71 Å². The fourth-order valence-electron chi connectivity index (χ4n) is 13.2. The molecule has 0 unspecified atom stereocenters. The van der Waals surface area contributed by atoms with Crippen LogP contribution in [0.4, 0.5) is 34.1 Å². The highest BCUT2D eigenvalue weighted by Crippen LogP contribution is 2.64. The topological polar surface area (TPSA) is 6.48 Å². The average molecular weight is 775 g/mol. The number of hydrogen-bond acceptors (Lipinski definition) is 2. The number of fused-ring (bicyclic) bond motifs is 22. The Balaban J connectivity index is 1.10. The van der Waals surface area contributed by atoms with Crippen molar-refractivity contribution in [1.82, 2.24) is 0 Å². The molecule has 9 aromatic rings. The fraction of sp³-hybridized carbons (Fsp3) is 0.0357. The molecule has 0 atom stereocenters. The molecule has 9 aromatic carbocycles. The van der Waals surface area contributed by atoms with Gasteiger partial charge in [-0.2, -0.15) is 0 Å². The van der Waals surface area contributed by atoms with Gasteiger partial charge in [-0.3, -0.25) is 0 Å². The first kappa shape index (κ1) is 31.8. The van der Waals surface area contributed by atoms with Crippen LogP contribution in [0, 0.1) is 6.92 Å². The Hall–Kier alpha value is -7.14. The van der Waals surface area contributed by atoms with Crippen LogP contribution in [0.3, 0.4) is 0 Å². The number of aryl methyl sites for hydroxylation is 1. The van der Waals surface area contributed by atoms with E-state index < -0.39 is 13.5 Å². The van der Waals surface area contributed by atoms with Crippen molar-refractivity contribution < 1.29 is 0 Å². The zero-order valence-electron chi connectivity index (χ0n) is 32.9. The highest BCUT2D eigenvalue weighted by atomic mass is 28.3. The summed E-state index contributed by atoms with van der Waals surface area (Å²) in [6, 6.07) is 75.2. The smallest absolute Gasteiger partial charge is 0.252 e. The standard InChI is InChI=1S/C56H35BN2Si/c1-34-32-47-53-48(33-34)59-46-27-10-13-30-51(46)60(49-28-11-4-18-37(49)38-19-5-12-29-50(38)60)52-31-15-25-44(55(52)59)57(53)43-24-14-23-42-54(43)58(47)45-26-9-8-22-41(45)56(42)39-20-6-2-16-35(39)36-17-3-7-21-40(36)56/h2-33H,1H3. The first-order chi connectivity index (χ1) is 29.7. The largest absolute Gasteiger partial charge is 0.312 e. The maximum Gasteiger partial charge on any atom is 0.252 e. The molecular formula is C56H35BN2Si. The molecule has 60 heavy (non-hydrogen) atoms. The third-order valence-electron chi connectivity index (χ3n) is 15.1. The minimum Gasteiger partial charge on any atom is -0.312 e. The van der Waals surface area contributed by atoms with Crippen molar-refractivity contribution in [1.29, 1.82) is 0 Å². The maximum absolute atomic E-state index is 2.75. The summed E-state index contributed by atoms with van der Waals surface area (Å²) in [6.45, 7) is 2.34. The van der Waals surface area contributed by atoms with Gasteiger partial charge in [-0.15, -0.1) is 0 Å². The molecule has 0 radical (unpaired) electrons. The van der Waals surface area contributed by atoms with Crippen molar-refractivity contribution in [3.63, 3.8) is 0 Å². The Labute approximate surface area is 350 Å². The molecule has 6 aliphatic rings. The molecule has 0 bridgehead atoms. The van der Waals surface area contributed by atoms with Crippen molar-refractivity contribution in [2.24, 2.45) is 0 Å². The van der Waals surface area contributed by atoms with Gasteiger partial charge in [0.2, 0.25) is 0 Å². The summed E-state index contributed by atoms with van der Waals surface area (Å²) >= 11 is 0. The summed E-state index contributed by atoms with van der Waals surface area (Å²) < 4.78 is 0. The SMILES string of the molecule is Cc1cc2c3c(c1)N1c4ccccc4[Si]4(c5ccccc5-c5ccccc54)c4cccc(c41)B3c1cccc3c1N2c1ccccc1C31c2ccccc2-c2ccccc21. The first-order valence-corrected chi connectivity index (χ1v) is 23.3. The molecule has 2 spiro atoms. The van der Waals surface area contributed by atoms with Gasteiger partial charge in [-0.1, -0.05) is 170 Å². The Morgan fingerprint density at radius 3 is 1.52 bits per heavy atom. The van der Waals surface area contributed by atoms with Gasteiger partial charge in [-0.25, -0.2) is 0 Å². The molecule has 15 rings (SSSR count). The van der Waals surface area contributed by atoms with Crippen molar-refractivity contribution in [2.75, 3.05) is 9.80 Å². The van der Waals surface area contributed by atoms with Crippen LogP contribution in [-0.4, -0.2) is 14.8 Å². The Morgan fingerprint density at radius 2 is 0.850 bits per heavy atom. The minimum absolute atomic E-state index is 0.0467. The maximum atomic E-state index is 2.68. The van der Waals surface area contributed by atoms with Crippen LogP contribution >= 0.6 is 0 Å². The summed E-state index contributed by atoms with van der Waals surface area (Å²) in [5, 5.41) is 5.98. The van der Waals surface area contributed by atoms with Gasteiger partial charge in [0.05, 0.1) is 11.1 Å². The van der Waals surface area contributed by atoms with Crippen molar-refractivity contribution in [3.05, 3.63) is 222 Å². The van der Waals surface area contributed by atoms with Crippen LogP contribution in [0.15, 0.2) is 194 Å². The van der Waals surface area contributed by atoms with E-state index in [1.165, 1.54) is 121 Å². The van der Waals surface area contributed by atoms with Crippen LogP contribution < -0.4 is 46.9 Å². The minimum atomic E-state index is -2.75. The molecule has 0 saturated heterocycles. The van der Waals surface area contributed by atoms with E-state index in [0.29, 0.717) is 0 Å². The zero-order valence-corrected chi connectivity index (χ0v) is 33.9. The van der Waals surface area contributed by atoms with E-state index >= 15 is 0 Å². The molecule has 1 aliphatic carbocycles. The number of anilines is 6. The van der Waals surface area contributed by atoms with E-state index in [0.717, 1.165) is 0 Å². The Bertz CT molecular complexity index is 3140. The quantitative estimate of drug-likeness (QED) is 0.143. The van der Waals surface area contributed by atoms with Gasteiger partial charge in [-0.05, 0) is 118 Å². The number of rotatable bonds is 0. The van der Waals surface area contributed by atoms with Gasteiger partial charge in [0.25, 0.3) is 6.71 Å². The lowest BCUT2D eigenvalue weighted by Gasteiger charge is -2.52. The molecule has 276 valence electrons. The zero-order chi connectivity index (χ0) is 39.1. The molecule has 4 heteroatoms. The number of hydrogen-bond donors (Lipinski definition) is 0. The van der Waals surface area contributed by atoms with Crippen LogP contribution in [-0.2, 0) is 5.41 Å². The Kier molecular flexibility index (Phi) is 5.68. The first-order valence-electron chi connectivity index (χ1n) is 21.3. The molecule has 0 fully saturated rings. The van der Waals surface area contributed by atoms with Gasteiger partial charge < -0.3 is 9.80 Å². The van der Waals surface area contributed by atoms with E-state index in [1.807, 2.05) is 0 Å². The summed E-state index contributed by atoms with van der Waals surface area (Å²) in [4.78, 5) is 5.33. The van der Waals surface area contributed by atoms with Crippen LogP contribution in [0.5, 0.6) is 0 Å². The van der Waals surface area contributed by atoms with Crippen LogP contribution in [0.25, 0.3) is 22.3 Å². The predicted octanol–water partition coefficient (Wildman–Crippen LogP) is 8.43. The monoisotopic (exact) mass is 774 g/mol. The third kappa shape index (κ3) is 3.33. The number of para-hydroxylation sites is 4. The predicted molar refractivity (Wildman–Crippen MR) is 252 cm³/mol. The normalized spacial score (nSPS) is 15.9. The molecule has 0 saturated carbocycles. The van der Waals surface area contributed by atoms with Gasteiger partial charge in [0.15, 0.2) is 8.07 Å². The summed E-state index contributed by atoms with van der Waals surface area (Å²) in [7, 11) is -2.75. The van der Waals surface area contributed by atoms with E-state index in [2.05, 4.69) is 211 Å².